The number of allylic oxidation sites excluding steroid dienone is 4. The summed E-state index contributed by atoms with van der Waals surface area (Å²) in [4.78, 5) is 0. The Morgan fingerprint density at radius 1 is 0.721 bits per heavy atom. The van der Waals surface area contributed by atoms with Crippen LogP contribution < -0.4 is 21.2 Å². The first-order chi connectivity index (χ1) is 21.3. The van der Waals surface area contributed by atoms with Gasteiger partial charge in [0, 0.05) is 32.7 Å². The molecule has 3 aliphatic rings. The van der Waals surface area contributed by atoms with Gasteiger partial charge in [-0.05, 0) is 54.0 Å². The van der Waals surface area contributed by atoms with E-state index in [2.05, 4.69) is 112 Å². The summed E-state index contributed by atoms with van der Waals surface area (Å²) in [5.41, 5.74) is 7.37. The number of hydrogen-bond acceptors (Lipinski definition) is 4. The fourth-order valence-electron chi connectivity index (χ4n) is 7.54. The van der Waals surface area contributed by atoms with E-state index in [-0.39, 0.29) is 12.2 Å². The molecule has 206 valence electrons. The molecule has 5 nitrogen and oxygen atoms in total. The molecule has 0 radical (unpaired) electrons. The Labute approximate surface area is 246 Å². The molecule has 4 aromatic carbocycles. The lowest BCUT2D eigenvalue weighted by atomic mass is 9.87. The Hall–Kier alpha value is -5.42. The number of nitrogens with one attached hydrogen (secondary N) is 2. The highest BCUT2D eigenvalue weighted by Gasteiger charge is 2.37. The van der Waals surface area contributed by atoms with Crippen molar-refractivity contribution in [1.82, 2.24) is 4.57 Å². The van der Waals surface area contributed by atoms with Crippen LogP contribution in [0.4, 0.5) is 11.6 Å². The highest BCUT2D eigenvalue weighted by atomic mass is 16.4. The van der Waals surface area contributed by atoms with Crippen molar-refractivity contribution in [2.75, 3.05) is 10.6 Å². The van der Waals surface area contributed by atoms with Crippen LogP contribution in [0, 0.1) is 5.92 Å². The van der Waals surface area contributed by atoms with Gasteiger partial charge in [-0.3, -0.25) is 0 Å². The molecule has 0 saturated carbocycles. The summed E-state index contributed by atoms with van der Waals surface area (Å²) >= 11 is 0. The number of rotatable bonds is 2. The van der Waals surface area contributed by atoms with E-state index in [9.17, 15) is 0 Å². The minimum Gasteiger partial charge on any atom is -0.456 e. The summed E-state index contributed by atoms with van der Waals surface area (Å²) in [7, 11) is 0. The van der Waals surface area contributed by atoms with Crippen molar-refractivity contribution >= 4 is 67.5 Å². The van der Waals surface area contributed by atoms with Crippen LogP contribution >= 0.6 is 0 Å². The largest absolute Gasteiger partial charge is 0.456 e. The van der Waals surface area contributed by atoms with Crippen molar-refractivity contribution < 1.29 is 8.83 Å². The number of para-hydroxylation sites is 3. The summed E-state index contributed by atoms with van der Waals surface area (Å²) in [5.74, 6) is 1.16. The predicted molar refractivity (Wildman–Crippen MR) is 174 cm³/mol. The van der Waals surface area contributed by atoms with Crippen LogP contribution in [0.5, 0.6) is 0 Å². The van der Waals surface area contributed by atoms with Crippen molar-refractivity contribution in [3.63, 3.8) is 0 Å². The lowest BCUT2D eigenvalue weighted by molar-refractivity contribution is 0.464. The van der Waals surface area contributed by atoms with Crippen molar-refractivity contribution in [2.24, 2.45) is 5.92 Å². The third-order valence-electron chi connectivity index (χ3n) is 9.44. The molecule has 0 spiro atoms. The molecule has 2 aliphatic carbocycles. The summed E-state index contributed by atoms with van der Waals surface area (Å²) in [6.45, 7) is 0. The Bertz CT molecular complexity index is 2470. The summed E-state index contributed by atoms with van der Waals surface area (Å²) in [6.07, 6.45) is 12.4. The lowest BCUT2D eigenvalue weighted by Crippen LogP contribution is -2.42. The van der Waals surface area contributed by atoms with Gasteiger partial charge in [0.05, 0.1) is 16.9 Å². The molecule has 0 saturated heterocycles. The third-order valence-corrected chi connectivity index (χ3v) is 9.44. The highest BCUT2D eigenvalue weighted by Crippen LogP contribution is 2.48. The van der Waals surface area contributed by atoms with Crippen molar-refractivity contribution in [2.45, 2.75) is 18.6 Å². The summed E-state index contributed by atoms with van der Waals surface area (Å²) < 4.78 is 15.3. The normalized spacial score (nSPS) is 20.6. The highest BCUT2D eigenvalue weighted by molar-refractivity contribution is 6.07. The Kier molecular flexibility index (Phi) is 4.61. The van der Waals surface area contributed by atoms with Gasteiger partial charge in [0.2, 0.25) is 5.88 Å². The fraction of sp³-hybridized carbons (Fsp3) is 0.105. The molecule has 7 aromatic rings. The van der Waals surface area contributed by atoms with E-state index < -0.39 is 0 Å². The Morgan fingerprint density at radius 2 is 1.49 bits per heavy atom. The van der Waals surface area contributed by atoms with E-state index in [1.807, 2.05) is 24.3 Å². The molecule has 10 rings (SSSR count). The SMILES string of the molecule is C1=CCC2C=c3c(n(C4Nc5oc6ccccc6c5NC4c4cccc5oc6ccccc6c45)c4ccccc34)=CC2=C1. The van der Waals surface area contributed by atoms with Gasteiger partial charge in [0.15, 0.2) is 0 Å². The maximum Gasteiger partial charge on any atom is 0.219 e. The third kappa shape index (κ3) is 3.22. The molecule has 43 heavy (non-hydrogen) atoms. The van der Waals surface area contributed by atoms with Crippen LogP contribution in [0.15, 0.2) is 124 Å². The first-order valence-electron chi connectivity index (χ1n) is 15.0. The minimum absolute atomic E-state index is 0.135. The number of anilines is 2. The smallest absolute Gasteiger partial charge is 0.219 e. The molecule has 0 bridgehead atoms. The van der Waals surface area contributed by atoms with E-state index in [0.717, 1.165) is 50.9 Å². The average molecular weight is 558 g/mol. The van der Waals surface area contributed by atoms with Gasteiger partial charge in [0.25, 0.3) is 0 Å². The molecule has 5 heteroatoms. The monoisotopic (exact) mass is 557 g/mol. The molecule has 0 fully saturated rings. The van der Waals surface area contributed by atoms with Crippen LogP contribution in [-0.4, -0.2) is 4.57 Å². The number of furan rings is 2. The molecule has 4 heterocycles. The second-order valence-electron chi connectivity index (χ2n) is 11.8. The first-order valence-corrected chi connectivity index (χ1v) is 15.0. The number of fused-ring (bicyclic) bond motifs is 10. The van der Waals surface area contributed by atoms with E-state index >= 15 is 0 Å². The second-order valence-corrected chi connectivity index (χ2v) is 11.8. The summed E-state index contributed by atoms with van der Waals surface area (Å²) in [6, 6.07) is 31.6. The number of nitrogens with zero attached hydrogens (tertiary/aromatic N) is 1. The van der Waals surface area contributed by atoms with Crippen LogP contribution in [0.2, 0.25) is 0 Å². The van der Waals surface area contributed by atoms with Crippen LogP contribution in [-0.2, 0) is 0 Å². The quantitative estimate of drug-likeness (QED) is 0.225. The van der Waals surface area contributed by atoms with Gasteiger partial charge in [0.1, 0.15) is 28.6 Å². The van der Waals surface area contributed by atoms with E-state index in [0.29, 0.717) is 5.92 Å². The van der Waals surface area contributed by atoms with Gasteiger partial charge >= 0.3 is 0 Å². The van der Waals surface area contributed by atoms with Crippen LogP contribution in [0.25, 0.3) is 56.0 Å². The van der Waals surface area contributed by atoms with Gasteiger partial charge < -0.3 is 24.0 Å². The minimum atomic E-state index is -0.193. The topological polar surface area (TPSA) is 55.3 Å². The molecular formula is C38H27N3O2. The van der Waals surface area contributed by atoms with Gasteiger partial charge in [-0.15, -0.1) is 0 Å². The van der Waals surface area contributed by atoms with E-state index in [4.69, 9.17) is 8.83 Å². The molecule has 1 aliphatic heterocycles. The van der Waals surface area contributed by atoms with Gasteiger partial charge in [-0.2, -0.15) is 0 Å². The Balaban J connectivity index is 1.29. The molecular weight excluding hydrogens is 530 g/mol. The lowest BCUT2D eigenvalue weighted by Gasteiger charge is -2.36. The maximum atomic E-state index is 6.44. The zero-order valence-electron chi connectivity index (χ0n) is 23.2. The zero-order chi connectivity index (χ0) is 28.1. The van der Waals surface area contributed by atoms with E-state index in [1.54, 1.807) is 0 Å². The number of hydrogen-bond donors (Lipinski definition) is 2. The summed E-state index contributed by atoms with van der Waals surface area (Å²) in [5, 5.41) is 15.0. The van der Waals surface area contributed by atoms with Gasteiger partial charge in [-0.25, -0.2) is 0 Å². The molecule has 0 amide bonds. The van der Waals surface area contributed by atoms with E-state index in [1.165, 1.54) is 32.6 Å². The van der Waals surface area contributed by atoms with Crippen LogP contribution in [0.3, 0.4) is 0 Å². The molecule has 3 aromatic heterocycles. The zero-order valence-corrected chi connectivity index (χ0v) is 23.2. The van der Waals surface area contributed by atoms with Gasteiger partial charge in [-0.1, -0.05) is 85.0 Å². The Morgan fingerprint density at radius 3 is 2.40 bits per heavy atom. The predicted octanol–water partition coefficient (Wildman–Crippen LogP) is 8.14. The second kappa shape index (κ2) is 8.55. The standard InChI is InChI=1S/C38H27N3O2/c1-2-11-23-21-30-28(20-22(23)10-1)24-12-3-6-16-29(24)41(30)37-35(39-36-26-14-5-8-18-32(26)43-38(36)40-37)27-15-9-19-33-34(27)25-13-4-7-17-31(25)42-33/h1-9,11-22,35,37,39-40H,10H2. The fourth-order valence-corrected chi connectivity index (χ4v) is 7.54. The number of aromatic nitrogens is 1. The molecule has 3 unspecified atom stereocenters. The van der Waals surface area contributed by atoms with Crippen LogP contribution in [0.1, 0.15) is 24.2 Å². The van der Waals surface area contributed by atoms with Crippen molar-refractivity contribution in [3.8, 4) is 0 Å². The van der Waals surface area contributed by atoms with Crippen molar-refractivity contribution in [3.05, 3.63) is 131 Å². The maximum absolute atomic E-state index is 6.44. The molecule has 3 atom stereocenters. The number of benzene rings is 4. The first kappa shape index (κ1) is 23.2. The average Bonchev–Trinajstić information content (AvgIpc) is 3.72. The molecule has 2 N–H and O–H groups in total. The van der Waals surface area contributed by atoms with Crippen molar-refractivity contribution in [1.29, 1.82) is 0 Å².